The van der Waals surface area contributed by atoms with Gasteiger partial charge in [0.05, 0.1) is 0 Å². The summed E-state index contributed by atoms with van der Waals surface area (Å²) in [5.74, 6) is 0. The second-order valence-electron chi connectivity index (χ2n) is 5.58. The van der Waals surface area contributed by atoms with Crippen LogP contribution in [-0.2, 0) is 13.0 Å². The van der Waals surface area contributed by atoms with E-state index in [2.05, 4.69) is 45.5 Å². The third kappa shape index (κ3) is 4.27. The van der Waals surface area contributed by atoms with Crippen LogP contribution in [-0.4, -0.2) is 35.6 Å². The maximum atomic E-state index is 11.1. The van der Waals surface area contributed by atoms with Crippen LogP contribution in [0.15, 0.2) is 40.5 Å². The van der Waals surface area contributed by atoms with Gasteiger partial charge in [0.25, 0.3) is 0 Å². The number of H-pyrrole nitrogens is 1. The number of hydrogen-bond acceptors (Lipinski definition) is 4. The predicted molar refractivity (Wildman–Crippen MR) is 86.8 cm³/mol. The molecule has 5 heteroatoms. The fraction of sp³-hybridized carbons (Fsp3) is 0.438. The Labute approximate surface area is 128 Å². The van der Waals surface area contributed by atoms with Crippen LogP contribution in [0.4, 0.5) is 0 Å². The summed E-state index contributed by atoms with van der Waals surface area (Å²) < 4.78 is 0. The van der Waals surface area contributed by atoms with Crippen molar-refractivity contribution in [3.63, 3.8) is 0 Å². The SMILES string of the molecule is O=c1[nH]c(CNC2CCN(CCc3ccccc3)C2)cs1. The van der Waals surface area contributed by atoms with E-state index in [0.717, 1.165) is 38.3 Å². The number of thiazole rings is 1. The van der Waals surface area contributed by atoms with E-state index >= 15 is 0 Å². The van der Waals surface area contributed by atoms with E-state index in [1.165, 1.54) is 23.3 Å². The lowest BCUT2D eigenvalue weighted by atomic mass is 10.1. The van der Waals surface area contributed by atoms with Gasteiger partial charge in [-0.25, -0.2) is 0 Å². The largest absolute Gasteiger partial charge is 0.315 e. The van der Waals surface area contributed by atoms with Gasteiger partial charge in [-0.1, -0.05) is 41.7 Å². The fourth-order valence-corrected chi connectivity index (χ4v) is 3.37. The van der Waals surface area contributed by atoms with Crippen molar-refractivity contribution in [3.05, 3.63) is 56.6 Å². The second kappa shape index (κ2) is 7.02. The highest BCUT2D eigenvalue weighted by atomic mass is 32.1. The lowest BCUT2D eigenvalue weighted by molar-refractivity contribution is 0.331. The lowest BCUT2D eigenvalue weighted by Gasteiger charge is -2.16. The number of nitrogens with zero attached hydrogens (tertiary/aromatic N) is 1. The zero-order chi connectivity index (χ0) is 14.5. The van der Waals surface area contributed by atoms with Crippen molar-refractivity contribution in [1.82, 2.24) is 15.2 Å². The average Bonchev–Trinajstić information content (AvgIpc) is 3.13. The summed E-state index contributed by atoms with van der Waals surface area (Å²) in [5.41, 5.74) is 2.40. The van der Waals surface area contributed by atoms with Gasteiger partial charge in [0, 0.05) is 36.8 Å². The molecule has 1 unspecified atom stereocenters. The zero-order valence-electron chi connectivity index (χ0n) is 12.0. The smallest absolute Gasteiger partial charge is 0.304 e. The van der Waals surface area contributed by atoms with E-state index in [1.807, 2.05) is 5.38 Å². The number of rotatable bonds is 6. The third-order valence-corrected chi connectivity index (χ3v) is 4.70. The highest BCUT2D eigenvalue weighted by Gasteiger charge is 2.21. The molecule has 2 heterocycles. The molecule has 3 rings (SSSR count). The Bertz CT molecular complexity index is 607. The maximum absolute atomic E-state index is 11.1. The molecule has 0 bridgehead atoms. The first-order valence-electron chi connectivity index (χ1n) is 7.46. The summed E-state index contributed by atoms with van der Waals surface area (Å²) in [5, 5.41) is 5.43. The standard InChI is InChI=1S/C16H21N3OS/c20-16-18-15(12-21-16)10-17-14-7-9-19(11-14)8-6-13-4-2-1-3-5-13/h1-5,12,14,17H,6-11H2,(H,18,20). The maximum Gasteiger partial charge on any atom is 0.304 e. The molecule has 1 aliphatic heterocycles. The van der Waals surface area contributed by atoms with Crippen molar-refractivity contribution in [1.29, 1.82) is 0 Å². The number of benzene rings is 1. The summed E-state index contributed by atoms with van der Waals surface area (Å²) >= 11 is 1.23. The Hall–Kier alpha value is -1.43. The molecule has 2 aromatic rings. The summed E-state index contributed by atoms with van der Waals surface area (Å²) in [7, 11) is 0. The van der Waals surface area contributed by atoms with E-state index in [-0.39, 0.29) is 4.87 Å². The number of likely N-dealkylation sites (tertiary alicyclic amines) is 1. The van der Waals surface area contributed by atoms with Gasteiger partial charge >= 0.3 is 4.87 Å². The minimum Gasteiger partial charge on any atom is -0.315 e. The van der Waals surface area contributed by atoms with E-state index in [1.54, 1.807) is 0 Å². The van der Waals surface area contributed by atoms with Gasteiger partial charge in [-0.05, 0) is 24.9 Å². The highest BCUT2D eigenvalue weighted by molar-refractivity contribution is 7.07. The second-order valence-corrected chi connectivity index (χ2v) is 6.42. The summed E-state index contributed by atoms with van der Waals surface area (Å²) in [6.45, 7) is 4.14. The van der Waals surface area contributed by atoms with Gasteiger partial charge in [-0.3, -0.25) is 4.79 Å². The molecule has 0 radical (unpaired) electrons. The van der Waals surface area contributed by atoms with Crippen molar-refractivity contribution in [2.75, 3.05) is 19.6 Å². The summed E-state index contributed by atoms with van der Waals surface area (Å²) in [4.78, 5) is 16.5. The molecule has 2 N–H and O–H groups in total. The number of aromatic amines is 1. The predicted octanol–water partition coefficient (Wildman–Crippen LogP) is 1.84. The molecule has 0 saturated carbocycles. The van der Waals surface area contributed by atoms with Crippen LogP contribution in [0, 0.1) is 0 Å². The lowest BCUT2D eigenvalue weighted by Crippen LogP contribution is -2.33. The van der Waals surface area contributed by atoms with Crippen molar-refractivity contribution in [3.8, 4) is 0 Å². The molecule has 112 valence electrons. The van der Waals surface area contributed by atoms with Gasteiger partial charge in [0.2, 0.25) is 0 Å². The zero-order valence-corrected chi connectivity index (χ0v) is 12.9. The summed E-state index contributed by atoms with van der Waals surface area (Å²) in [6.07, 6.45) is 2.30. The Balaban J connectivity index is 1.40. The van der Waals surface area contributed by atoms with Crippen molar-refractivity contribution in [2.45, 2.75) is 25.4 Å². The first-order chi connectivity index (χ1) is 10.3. The molecule has 0 aliphatic carbocycles. The van der Waals surface area contributed by atoms with Crippen LogP contribution in [0.1, 0.15) is 17.7 Å². The minimum absolute atomic E-state index is 0.0303. The molecule has 1 aliphatic rings. The quantitative estimate of drug-likeness (QED) is 0.856. The number of hydrogen-bond donors (Lipinski definition) is 2. The van der Waals surface area contributed by atoms with Gasteiger partial charge in [-0.2, -0.15) is 0 Å². The van der Waals surface area contributed by atoms with Crippen LogP contribution in [0.5, 0.6) is 0 Å². The Morgan fingerprint density at radius 1 is 1.33 bits per heavy atom. The van der Waals surface area contributed by atoms with E-state index in [4.69, 9.17) is 0 Å². The van der Waals surface area contributed by atoms with Gasteiger partial charge in [0.1, 0.15) is 0 Å². The Kier molecular flexibility index (Phi) is 4.85. The average molecular weight is 303 g/mol. The number of aromatic nitrogens is 1. The third-order valence-electron chi connectivity index (χ3n) is 3.98. The molecule has 1 aromatic heterocycles. The molecule has 1 fully saturated rings. The van der Waals surface area contributed by atoms with Gasteiger partial charge in [0.15, 0.2) is 0 Å². The molecule has 1 atom stereocenters. The Morgan fingerprint density at radius 3 is 2.95 bits per heavy atom. The van der Waals surface area contributed by atoms with Crippen LogP contribution < -0.4 is 10.2 Å². The van der Waals surface area contributed by atoms with Crippen LogP contribution in [0.3, 0.4) is 0 Å². The monoisotopic (exact) mass is 303 g/mol. The first-order valence-corrected chi connectivity index (χ1v) is 8.34. The first kappa shape index (κ1) is 14.5. The van der Waals surface area contributed by atoms with Crippen LogP contribution >= 0.6 is 11.3 Å². The van der Waals surface area contributed by atoms with Crippen molar-refractivity contribution in [2.24, 2.45) is 0 Å². The van der Waals surface area contributed by atoms with E-state index in [9.17, 15) is 4.79 Å². The number of nitrogens with one attached hydrogen (secondary N) is 2. The Morgan fingerprint density at radius 2 is 2.19 bits per heavy atom. The topological polar surface area (TPSA) is 48.1 Å². The molecular formula is C16H21N3OS. The van der Waals surface area contributed by atoms with Crippen molar-refractivity contribution >= 4 is 11.3 Å². The minimum atomic E-state index is 0.0303. The molecule has 1 saturated heterocycles. The highest BCUT2D eigenvalue weighted by Crippen LogP contribution is 2.11. The van der Waals surface area contributed by atoms with Gasteiger partial charge in [-0.15, -0.1) is 0 Å². The molecule has 0 spiro atoms. The molecule has 0 amide bonds. The summed E-state index contributed by atoms with van der Waals surface area (Å²) in [6, 6.07) is 11.2. The van der Waals surface area contributed by atoms with Gasteiger partial charge < -0.3 is 15.2 Å². The van der Waals surface area contributed by atoms with Crippen LogP contribution in [0.2, 0.25) is 0 Å². The van der Waals surface area contributed by atoms with E-state index < -0.39 is 0 Å². The molecule has 21 heavy (non-hydrogen) atoms. The van der Waals surface area contributed by atoms with Crippen molar-refractivity contribution < 1.29 is 0 Å². The molecular weight excluding hydrogens is 282 g/mol. The van der Waals surface area contributed by atoms with E-state index in [0.29, 0.717) is 6.04 Å². The fourth-order valence-electron chi connectivity index (χ4n) is 2.79. The molecule has 1 aromatic carbocycles. The molecule has 4 nitrogen and oxygen atoms in total. The van der Waals surface area contributed by atoms with Crippen LogP contribution in [0.25, 0.3) is 0 Å². The normalized spacial score (nSPS) is 19.1.